The third-order valence-electron chi connectivity index (χ3n) is 4.08. The Labute approximate surface area is 177 Å². The van der Waals surface area contributed by atoms with E-state index in [0.29, 0.717) is 16.6 Å². The van der Waals surface area contributed by atoms with E-state index in [0.717, 1.165) is 16.1 Å². The lowest BCUT2D eigenvalue weighted by Crippen LogP contribution is -2.32. The first kappa shape index (κ1) is 21.2. The van der Waals surface area contributed by atoms with E-state index in [2.05, 4.69) is 20.3 Å². The van der Waals surface area contributed by atoms with E-state index in [9.17, 15) is 9.59 Å². The average molecular weight is 427 g/mol. The standard InChI is InChI=1S/C20H21N5O4S/c1-13-6-8-21-17(10-13)24-16-5-3-4-14(23-16)15-11-22-18(30-15)12-25(20(28)29-2)9-7-19(26)27/h3-6,8,10-11H,7,9,12H2,1-2H3,(H,26,27)(H,21,23,24). The van der Waals surface area contributed by atoms with E-state index in [1.54, 1.807) is 12.4 Å². The second-order valence-corrected chi connectivity index (χ2v) is 7.52. The molecule has 0 radical (unpaired) electrons. The van der Waals surface area contributed by atoms with Crippen molar-refractivity contribution in [3.8, 4) is 10.6 Å². The predicted molar refractivity (Wildman–Crippen MR) is 113 cm³/mol. The Morgan fingerprint density at radius 2 is 2.07 bits per heavy atom. The Balaban J connectivity index is 1.73. The van der Waals surface area contributed by atoms with E-state index in [4.69, 9.17) is 9.84 Å². The summed E-state index contributed by atoms with van der Waals surface area (Å²) in [5.41, 5.74) is 1.82. The molecule has 30 heavy (non-hydrogen) atoms. The van der Waals surface area contributed by atoms with Crippen molar-refractivity contribution in [2.75, 3.05) is 19.0 Å². The number of hydrogen-bond donors (Lipinski definition) is 2. The lowest BCUT2D eigenvalue weighted by molar-refractivity contribution is -0.137. The topological polar surface area (TPSA) is 118 Å². The zero-order valence-electron chi connectivity index (χ0n) is 16.5. The van der Waals surface area contributed by atoms with Crippen LogP contribution in [0.3, 0.4) is 0 Å². The number of aliphatic carboxylic acids is 1. The van der Waals surface area contributed by atoms with Crippen LogP contribution in [0.5, 0.6) is 0 Å². The van der Waals surface area contributed by atoms with Gasteiger partial charge in [-0.25, -0.2) is 19.7 Å². The fourth-order valence-electron chi connectivity index (χ4n) is 2.64. The van der Waals surface area contributed by atoms with Gasteiger partial charge in [0.2, 0.25) is 0 Å². The number of carboxylic acid groups (broad SMARTS) is 1. The molecule has 0 bridgehead atoms. The van der Waals surface area contributed by atoms with Gasteiger partial charge in [0.05, 0.1) is 30.6 Å². The molecule has 0 aliphatic rings. The number of methoxy groups -OCH3 is 1. The third-order valence-corrected chi connectivity index (χ3v) is 5.09. The summed E-state index contributed by atoms with van der Waals surface area (Å²) in [7, 11) is 1.26. The van der Waals surface area contributed by atoms with Crippen molar-refractivity contribution in [1.29, 1.82) is 0 Å². The number of carboxylic acids is 1. The molecule has 0 saturated heterocycles. The maximum Gasteiger partial charge on any atom is 0.409 e. The molecule has 0 aliphatic heterocycles. The van der Waals surface area contributed by atoms with Crippen molar-refractivity contribution in [2.45, 2.75) is 19.9 Å². The molecule has 0 aliphatic carbocycles. The largest absolute Gasteiger partial charge is 0.481 e. The molecule has 3 aromatic rings. The lowest BCUT2D eigenvalue weighted by Gasteiger charge is -2.18. The van der Waals surface area contributed by atoms with Gasteiger partial charge in [0.25, 0.3) is 0 Å². The first-order valence-electron chi connectivity index (χ1n) is 9.11. The summed E-state index contributed by atoms with van der Waals surface area (Å²) < 4.78 is 4.73. The zero-order valence-corrected chi connectivity index (χ0v) is 17.3. The number of carbonyl (C=O) groups is 2. The van der Waals surface area contributed by atoms with Crippen molar-refractivity contribution in [3.05, 3.63) is 53.3 Å². The van der Waals surface area contributed by atoms with Crippen LogP contribution in [0, 0.1) is 6.92 Å². The van der Waals surface area contributed by atoms with Crippen LogP contribution in [0.25, 0.3) is 10.6 Å². The number of aromatic nitrogens is 3. The summed E-state index contributed by atoms with van der Waals surface area (Å²) in [5, 5.41) is 12.7. The van der Waals surface area contributed by atoms with Crippen LogP contribution in [0.2, 0.25) is 0 Å². The van der Waals surface area contributed by atoms with E-state index in [1.165, 1.54) is 23.3 Å². The molecule has 2 N–H and O–H groups in total. The summed E-state index contributed by atoms with van der Waals surface area (Å²) in [6, 6.07) is 9.45. The van der Waals surface area contributed by atoms with Gasteiger partial charge in [-0.15, -0.1) is 11.3 Å². The normalized spacial score (nSPS) is 10.5. The monoisotopic (exact) mass is 427 g/mol. The Morgan fingerprint density at radius 1 is 1.23 bits per heavy atom. The minimum Gasteiger partial charge on any atom is -0.481 e. The summed E-state index contributed by atoms with van der Waals surface area (Å²) in [6.07, 6.45) is 2.65. The minimum atomic E-state index is -0.986. The molecule has 0 spiro atoms. The number of thiazole rings is 1. The van der Waals surface area contributed by atoms with E-state index < -0.39 is 12.1 Å². The number of amides is 1. The Bertz CT molecular complexity index is 1040. The van der Waals surface area contributed by atoms with Crippen LogP contribution < -0.4 is 5.32 Å². The van der Waals surface area contributed by atoms with Crippen molar-refractivity contribution in [2.24, 2.45) is 0 Å². The molecule has 0 aromatic carbocycles. The van der Waals surface area contributed by atoms with Gasteiger partial charge in [-0.05, 0) is 36.8 Å². The Kier molecular flexibility index (Phi) is 6.91. The number of ether oxygens (including phenoxy) is 1. The highest BCUT2D eigenvalue weighted by Crippen LogP contribution is 2.27. The van der Waals surface area contributed by atoms with Crippen molar-refractivity contribution < 1.29 is 19.4 Å². The molecule has 0 unspecified atom stereocenters. The van der Waals surface area contributed by atoms with Crippen LogP contribution in [0.15, 0.2) is 42.7 Å². The van der Waals surface area contributed by atoms with Crippen LogP contribution in [-0.4, -0.2) is 50.7 Å². The quantitative estimate of drug-likeness (QED) is 0.559. The van der Waals surface area contributed by atoms with Crippen LogP contribution in [0.4, 0.5) is 16.4 Å². The highest BCUT2D eigenvalue weighted by atomic mass is 32.1. The van der Waals surface area contributed by atoms with Gasteiger partial charge in [-0.1, -0.05) is 6.07 Å². The van der Waals surface area contributed by atoms with Crippen LogP contribution in [-0.2, 0) is 16.1 Å². The van der Waals surface area contributed by atoms with Gasteiger partial charge in [-0.2, -0.15) is 0 Å². The van der Waals surface area contributed by atoms with E-state index in [-0.39, 0.29) is 19.5 Å². The van der Waals surface area contributed by atoms with Gasteiger partial charge in [0.1, 0.15) is 16.6 Å². The van der Waals surface area contributed by atoms with Crippen molar-refractivity contribution >= 4 is 35.0 Å². The maximum absolute atomic E-state index is 11.9. The molecule has 0 saturated carbocycles. The fraction of sp³-hybridized carbons (Fsp3) is 0.250. The first-order chi connectivity index (χ1) is 14.4. The van der Waals surface area contributed by atoms with Gasteiger partial charge < -0.3 is 20.1 Å². The zero-order chi connectivity index (χ0) is 21.5. The smallest absolute Gasteiger partial charge is 0.409 e. The van der Waals surface area contributed by atoms with Gasteiger partial charge in [-0.3, -0.25) is 4.79 Å². The number of carbonyl (C=O) groups excluding carboxylic acids is 1. The van der Waals surface area contributed by atoms with Crippen molar-refractivity contribution in [3.63, 3.8) is 0 Å². The molecule has 3 aromatic heterocycles. The SMILES string of the molecule is COC(=O)N(CCC(=O)O)Cc1ncc(-c2cccc(Nc3cc(C)ccn3)n2)s1. The first-order valence-corrected chi connectivity index (χ1v) is 9.93. The summed E-state index contributed by atoms with van der Waals surface area (Å²) >= 11 is 1.38. The Morgan fingerprint density at radius 3 is 2.80 bits per heavy atom. The molecule has 3 rings (SSSR count). The maximum atomic E-state index is 11.9. The molecular weight excluding hydrogens is 406 g/mol. The van der Waals surface area contributed by atoms with Gasteiger partial charge in [0, 0.05) is 18.9 Å². The molecule has 3 heterocycles. The highest BCUT2D eigenvalue weighted by molar-refractivity contribution is 7.15. The number of pyridine rings is 2. The van der Waals surface area contributed by atoms with E-state index in [1.807, 2.05) is 37.3 Å². The molecule has 156 valence electrons. The number of rotatable bonds is 8. The molecule has 10 heteroatoms. The average Bonchev–Trinajstić information content (AvgIpc) is 3.19. The van der Waals surface area contributed by atoms with Crippen molar-refractivity contribution in [1.82, 2.24) is 19.9 Å². The highest BCUT2D eigenvalue weighted by Gasteiger charge is 2.18. The van der Waals surface area contributed by atoms with E-state index >= 15 is 0 Å². The predicted octanol–water partition coefficient (Wildman–Crippen LogP) is 3.70. The van der Waals surface area contributed by atoms with Crippen LogP contribution in [0.1, 0.15) is 17.0 Å². The molecule has 9 nitrogen and oxygen atoms in total. The molecule has 1 amide bonds. The molecular formula is C20H21N5O4S. The Hall–Kier alpha value is -3.53. The van der Waals surface area contributed by atoms with Gasteiger partial charge in [0.15, 0.2) is 0 Å². The molecule has 0 fully saturated rings. The fourth-order valence-corrected chi connectivity index (χ4v) is 3.54. The lowest BCUT2D eigenvalue weighted by atomic mass is 10.3. The summed E-state index contributed by atoms with van der Waals surface area (Å²) in [4.78, 5) is 38.1. The van der Waals surface area contributed by atoms with Gasteiger partial charge >= 0.3 is 12.1 Å². The minimum absolute atomic E-state index is 0.0397. The number of aryl methyl sites for hydroxylation is 1. The molecule has 0 atom stereocenters. The van der Waals surface area contributed by atoms with Crippen LogP contribution >= 0.6 is 11.3 Å². The second kappa shape index (κ2) is 9.79. The number of hydrogen-bond acceptors (Lipinski definition) is 8. The number of nitrogens with zero attached hydrogens (tertiary/aromatic N) is 4. The second-order valence-electron chi connectivity index (χ2n) is 6.41. The third kappa shape index (κ3) is 5.74. The summed E-state index contributed by atoms with van der Waals surface area (Å²) in [5.74, 6) is 0.371. The number of nitrogens with one attached hydrogen (secondary N) is 1. The summed E-state index contributed by atoms with van der Waals surface area (Å²) in [6.45, 7) is 2.19. The number of anilines is 2.